The van der Waals surface area contributed by atoms with Gasteiger partial charge in [0.1, 0.15) is 16.7 Å². The number of oxazole rings is 1. The van der Waals surface area contributed by atoms with Crippen molar-refractivity contribution in [2.45, 2.75) is 0 Å². The highest BCUT2D eigenvalue weighted by molar-refractivity contribution is 6.12. The quantitative estimate of drug-likeness (QED) is 0.177. The lowest BCUT2D eigenvalue weighted by atomic mass is 9.99. The van der Waals surface area contributed by atoms with Crippen molar-refractivity contribution in [1.82, 2.24) is 15.0 Å². The lowest BCUT2D eigenvalue weighted by molar-refractivity contribution is 0.619. The Labute approximate surface area is 299 Å². The molecule has 0 spiro atoms. The summed E-state index contributed by atoms with van der Waals surface area (Å²) in [4.78, 5) is 15.1. The molecule has 5 heteroatoms. The van der Waals surface area contributed by atoms with Gasteiger partial charge in [-0.25, -0.2) is 15.0 Å². The molecule has 10 rings (SSSR count). The number of aromatic nitrogens is 3. The molecular formula is C47H29N3O2. The lowest BCUT2D eigenvalue weighted by Crippen LogP contribution is -1.96. The minimum atomic E-state index is 0.560. The zero-order chi connectivity index (χ0) is 34.4. The van der Waals surface area contributed by atoms with Gasteiger partial charge in [-0.15, -0.1) is 0 Å². The van der Waals surface area contributed by atoms with Gasteiger partial charge in [0, 0.05) is 33.0 Å². The number of para-hydroxylation sites is 2. The first-order valence-electron chi connectivity index (χ1n) is 17.3. The Morgan fingerprint density at radius 1 is 0.346 bits per heavy atom. The van der Waals surface area contributed by atoms with E-state index in [0.717, 1.165) is 83.4 Å². The van der Waals surface area contributed by atoms with Gasteiger partial charge in [-0.2, -0.15) is 0 Å². The van der Waals surface area contributed by atoms with Crippen LogP contribution in [0.15, 0.2) is 185 Å². The second-order valence-electron chi connectivity index (χ2n) is 12.8. The molecule has 7 aromatic carbocycles. The second-order valence-corrected chi connectivity index (χ2v) is 12.8. The van der Waals surface area contributed by atoms with E-state index in [0.29, 0.717) is 11.7 Å². The second kappa shape index (κ2) is 12.3. The Kier molecular flexibility index (Phi) is 7.07. The van der Waals surface area contributed by atoms with Crippen LogP contribution in [0.25, 0.3) is 101 Å². The summed E-state index contributed by atoms with van der Waals surface area (Å²) in [6, 6.07) is 60.0. The highest BCUT2D eigenvalue weighted by Gasteiger charge is 2.18. The van der Waals surface area contributed by atoms with Crippen LogP contribution in [0.4, 0.5) is 0 Å². The van der Waals surface area contributed by atoms with Gasteiger partial charge >= 0.3 is 0 Å². The molecule has 10 aromatic rings. The normalized spacial score (nSPS) is 11.5. The van der Waals surface area contributed by atoms with Crippen LogP contribution in [0.3, 0.4) is 0 Å². The van der Waals surface area contributed by atoms with E-state index in [2.05, 4.69) is 115 Å². The molecule has 52 heavy (non-hydrogen) atoms. The van der Waals surface area contributed by atoms with E-state index in [-0.39, 0.29) is 0 Å². The van der Waals surface area contributed by atoms with E-state index in [1.807, 2.05) is 60.7 Å². The van der Waals surface area contributed by atoms with Crippen LogP contribution in [0, 0.1) is 0 Å². The number of furan rings is 1. The molecule has 0 aliphatic heterocycles. The Morgan fingerprint density at radius 3 is 1.77 bits per heavy atom. The van der Waals surface area contributed by atoms with E-state index in [1.54, 1.807) is 0 Å². The minimum Gasteiger partial charge on any atom is -0.456 e. The fraction of sp³-hybridized carbons (Fsp3) is 0. The van der Waals surface area contributed by atoms with Crippen molar-refractivity contribution >= 4 is 33.0 Å². The van der Waals surface area contributed by atoms with Crippen LogP contribution in [0.2, 0.25) is 0 Å². The fourth-order valence-electron chi connectivity index (χ4n) is 6.96. The van der Waals surface area contributed by atoms with Crippen molar-refractivity contribution in [3.05, 3.63) is 176 Å². The summed E-state index contributed by atoms with van der Waals surface area (Å²) in [5.74, 6) is 1.21. The van der Waals surface area contributed by atoms with Gasteiger partial charge in [-0.05, 0) is 70.8 Å². The molecule has 3 heterocycles. The third-order valence-electron chi connectivity index (χ3n) is 9.56. The molecule has 0 bridgehead atoms. The van der Waals surface area contributed by atoms with Gasteiger partial charge in [0.25, 0.3) is 0 Å². The van der Waals surface area contributed by atoms with Crippen LogP contribution in [0.1, 0.15) is 0 Å². The van der Waals surface area contributed by atoms with Crippen molar-refractivity contribution < 1.29 is 8.83 Å². The highest BCUT2D eigenvalue weighted by atomic mass is 16.3. The lowest BCUT2D eigenvalue weighted by Gasteiger charge is -2.12. The van der Waals surface area contributed by atoms with Gasteiger partial charge in [0.05, 0.1) is 11.4 Å². The Bertz CT molecular complexity index is 2860. The maximum atomic E-state index is 6.49. The van der Waals surface area contributed by atoms with E-state index in [1.165, 1.54) is 5.56 Å². The first-order valence-corrected chi connectivity index (χ1v) is 17.3. The van der Waals surface area contributed by atoms with E-state index in [9.17, 15) is 0 Å². The summed E-state index contributed by atoms with van der Waals surface area (Å²) in [5, 5.41) is 1.99. The summed E-state index contributed by atoms with van der Waals surface area (Å²) in [6.07, 6.45) is 0. The maximum Gasteiger partial charge on any atom is 0.227 e. The van der Waals surface area contributed by atoms with E-state index >= 15 is 0 Å². The molecule has 0 saturated carbocycles. The molecule has 5 nitrogen and oxygen atoms in total. The van der Waals surface area contributed by atoms with Gasteiger partial charge in [0.2, 0.25) is 5.89 Å². The molecule has 0 saturated heterocycles. The van der Waals surface area contributed by atoms with Gasteiger partial charge in [-0.1, -0.05) is 127 Å². The van der Waals surface area contributed by atoms with E-state index in [4.69, 9.17) is 23.8 Å². The third-order valence-corrected chi connectivity index (χ3v) is 9.56. The minimum absolute atomic E-state index is 0.560. The average molecular weight is 668 g/mol. The van der Waals surface area contributed by atoms with E-state index < -0.39 is 0 Å². The predicted octanol–water partition coefficient (Wildman–Crippen LogP) is 12.5. The van der Waals surface area contributed by atoms with Crippen molar-refractivity contribution in [3.8, 4) is 67.6 Å². The number of hydrogen-bond acceptors (Lipinski definition) is 5. The first-order chi connectivity index (χ1) is 25.7. The smallest absolute Gasteiger partial charge is 0.227 e. The third kappa shape index (κ3) is 5.32. The fourth-order valence-corrected chi connectivity index (χ4v) is 6.96. The SMILES string of the molecule is c1ccc(-c2ccc(-c3cc(-c4cccc5oc6cc(-c7nc8ccccc8o7)ccc6c45)nc(-c4cccc(-c5ccccc5)c4)n3)cc2)cc1. The van der Waals surface area contributed by atoms with Crippen molar-refractivity contribution in [3.63, 3.8) is 0 Å². The van der Waals surface area contributed by atoms with Gasteiger partial charge in [0.15, 0.2) is 11.4 Å². The zero-order valence-corrected chi connectivity index (χ0v) is 27.9. The largest absolute Gasteiger partial charge is 0.456 e. The van der Waals surface area contributed by atoms with Crippen LogP contribution >= 0.6 is 0 Å². The number of hydrogen-bond donors (Lipinski definition) is 0. The number of nitrogens with zero attached hydrogens (tertiary/aromatic N) is 3. The van der Waals surface area contributed by atoms with Crippen LogP contribution in [0.5, 0.6) is 0 Å². The van der Waals surface area contributed by atoms with Crippen molar-refractivity contribution in [2.24, 2.45) is 0 Å². The standard InChI is InChI=1S/C47H29N3O2/c1-3-11-30(12-4-1)32-21-23-33(24-22-32)40-29-41(49-46(48-40)35-16-9-15-34(27-35)31-13-5-2-6-14-31)37-17-10-20-43-45(37)38-26-25-36(28-44(38)51-43)47-50-39-18-7-8-19-42(39)52-47/h1-29H. The summed E-state index contributed by atoms with van der Waals surface area (Å²) >= 11 is 0. The summed E-state index contributed by atoms with van der Waals surface area (Å²) < 4.78 is 12.6. The molecule has 0 aliphatic carbocycles. The summed E-state index contributed by atoms with van der Waals surface area (Å²) in [7, 11) is 0. The van der Waals surface area contributed by atoms with Crippen molar-refractivity contribution in [2.75, 3.05) is 0 Å². The molecule has 244 valence electrons. The van der Waals surface area contributed by atoms with Crippen LogP contribution < -0.4 is 0 Å². The van der Waals surface area contributed by atoms with Crippen molar-refractivity contribution in [1.29, 1.82) is 0 Å². The van der Waals surface area contributed by atoms with Crippen LogP contribution in [-0.2, 0) is 0 Å². The molecule has 0 radical (unpaired) electrons. The topological polar surface area (TPSA) is 65.0 Å². The van der Waals surface area contributed by atoms with Crippen LogP contribution in [-0.4, -0.2) is 15.0 Å². The molecular weight excluding hydrogens is 639 g/mol. The maximum absolute atomic E-state index is 6.49. The number of rotatable bonds is 6. The highest BCUT2D eigenvalue weighted by Crippen LogP contribution is 2.39. The summed E-state index contributed by atoms with van der Waals surface area (Å²) in [6.45, 7) is 0. The summed E-state index contributed by atoms with van der Waals surface area (Å²) in [5.41, 5.74) is 13.1. The van der Waals surface area contributed by atoms with Gasteiger partial charge < -0.3 is 8.83 Å². The molecule has 0 aliphatic rings. The Morgan fingerprint density at radius 2 is 0.962 bits per heavy atom. The molecule has 0 unspecified atom stereocenters. The molecule has 0 N–H and O–H groups in total. The first kappa shape index (κ1) is 29.8. The Balaban J connectivity index is 1.13. The number of fused-ring (bicyclic) bond motifs is 4. The molecule has 0 amide bonds. The molecule has 3 aromatic heterocycles. The molecule has 0 atom stereocenters. The number of benzene rings is 7. The zero-order valence-electron chi connectivity index (χ0n) is 27.9. The monoisotopic (exact) mass is 667 g/mol. The van der Waals surface area contributed by atoms with Gasteiger partial charge in [-0.3, -0.25) is 0 Å². The Hall–Kier alpha value is -7.11. The predicted molar refractivity (Wildman–Crippen MR) is 209 cm³/mol. The average Bonchev–Trinajstić information content (AvgIpc) is 3.83. The molecule has 0 fully saturated rings.